The first kappa shape index (κ1) is 19.9. The zero-order valence-corrected chi connectivity index (χ0v) is 15.7. The van der Waals surface area contributed by atoms with Gasteiger partial charge in [0.25, 0.3) is 0 Å². The monoisotopic (exact) mass is 383 g/mol. The second-order valence-electron chi connectivity index (χ2n) is 6.51. The number of carbonyl (C=O) groups is 2. The summed E-state index contributed by atoms with van der Waals surface area (Å²) < 4.78 is 10.5. The van der Waals surface area contributed by atoms with Crippen LogP contribution in [0.3, 0.4) is 0 Å². The summed E-state index contributed by atoms with van der Waals surface area (Å²) in [5.74, 6) is -0.0736. The molecule has 2 aromatic carbocycles. The minimum Gasteiger partial charge on any atom is -0.444 e. The van der Waals surface area contributed by atoms with Gasteiger partial charge in [-0.2, -0.15) is 0 Å². The van der Waals surface area contributed by atoms with E-state index in [9.17, 15) is 9.59 Å². The average molecular weight is 383 g/mol. The number of morpholine rings is 1. The van der Waals surface area contributed by atoms with Crippen molar-refractivity contribution in [3.63, 3.8) is 0 Å². The molecule has 1 heterocycles. The molecule has 0 unspecified atom stereocenters. The number of hydrazine groups is 1. The van der Waals surface area contributed by atoms with E-state index in [-0.39, 0.29) is 12.5 Å². The van der Waals surface area contributed by atoms with Crippen LogP contribution in [0.1, 0.15) is 11.1 Å². The van der Waals surface area contributed by atoms with E-state index in [2.05, 4.69) is 10.9 Å². The molecule has 3 rings (SSSR count). The lowest BCUT2D eigenvalue weighted by Crippen LogP contribution is -2.55. The quantitative estimate of drug-likeness (QED) is 0.714. The number of hydrogen-bond donors (Lipinski definition) is 2. The Hall–Kier alpha value is -2.90. The van der Waals surface area contributed by atoms with Crippen molar-refractivity contribution in [2.75, 3.05) is 26.3 Å². The van der Waals surface area contributed by atoms with E-state index in [0.29, 0.717) is 32.7 Å². The summed E-state index contributed by atoms with van der Waals surface area (Å²) in [4.78, 5) is 26.7. The second kappa shape index (κ2) is 10.4. The molecule has 0 aliphatic carbocycles. The molecular formula is C21H25N3O4. The summed E-state index contributed by atoms with van der Waals surface area (Å²) in [6, 6.07) is 18.5. The molecule has 1 atom stereocenters. The molecule has 2 N–H and O–H groups in total. The molecule has 0 radical (unpaired) electrons. The van der Waals surface area contributed by atoms with Crippen LogP contribution in [0.15, 0.2) is 60.7 Å². The van der Waals surface area contributed by atoms with Crippen LogP contribution in [0.2, 0.25) is 0 Å². The maximum Gasteiger partial charge on any atom is 0.421 e. The standard InChI is InChI=1S/C21H25N3O4/c25-20(24-11-13-27-14-12-24)19(15-17-7-3-1-4-8-17)22-23-21(26)28-16-18-9-5-2-6-10-18/h1-10,19,22H,11-16H2,(H,23,26)/t19-/m0/s1. The second-order valence-corrected chi connectivity index (χ2v) is 6.51. The van der Waals surface area contributed by atoms with Crippen molar-refractivity contribution < 1.29 is 19.1 Å². The van der Waals surface area contributed by atoms with Crippen LogP contribution in [0.4, 0.5) is 4.79 Å². The Kier molecular flexibility index (Phi) is 7.40. The number of amides is 2. The zero-order chi connectivity index (χ0) is 19.6. The number of nitrogens with one attached hydrogen (secondary N) is 2. The summed E-state index contributed by atoms with van der Waals surface area (Å²) in [7, 11) is 0. The molecule has 1 fully saturated rings. The highest BCUT2D eigenvalue weighted by Gasteiger charge is 2.26. The van der Waals surface area contributed by atoms with Gasteiger partial charge in [-0.15, -0.1) is 0 Å². The molecule has 28 heavy (non-hydrogen) atoms. The van der Waals surface area contributed by atoms with Crippen molar-refractivity contribution >= 4 is 12.0 Å². The molecule has 0 bridgehead atoms. The predicted octanol–water partition coefficient (Wildman–Crippen LogP) is 1.89. The van der Waals surface area contributed by atoms with E-state index in [1.54, 1.807) is 4.90 Å². The van der Waals surface area contributed by atoms with Crippen molar-refractivity contribution in [3.8, 4) is 0 Å². The van der Waals surface area contributed by atoms with Gasteiger partial charge in [0.2, 0.25) is 5.91 Å². The number of ether oxygens (including phenoxy) is 2. The van der Waals surface area contributed by atoms with E-state index < -0.39 is 12.1 Å². The van der Waals surface area contributed by atoms with E-state index in [0.717, 1.165) is 11.1 Å². The van der Waals surface area contributed by atoms with Gasteiger partial charge in [0.1, 0.15) is 12.6 Å². The van der Waals surface area contributed by atoms with Gasteiger partial charge < -0.3 is 14.4 Å². The Morgan fingerprint density at radius 1 is 0.964 bits per heavy atom. The third-order valence-corrected chi connectivity index (χ3v) is 4.46. The van der Waals surface area contributed by atoms with Gasteiger partial charge in [-0.05, 0) is 17.5 Å². The number of carbonyl (C=O) groups excluding carboxylic acids is 2. The van der Waals surface area contributed by atoms with Gasteiger partial charge in [0, 0.05) is 13.1 Å². The van der Waals surface area contributed by atoms with Crippen molar-refractivity contribution in [1.29, 1.82) is 0 Å². The van der Waals surface area contributed by atoms with Crippen molar-refractivity contribution in [2.24, 2.45) is 0 Å². The zero-order valence-electron chi connectivity index (χ0n) is 15.7. The summed E-state index contributed by atoms with van der Waals surface area (Å²) in [6.07, 6.45) is -0.174. The Morgan fingerprint density at radius 2 is 1.57 bits per heavy atom. The van der Waals surface area contributed by atoms with Crippen molar-refractivity contribution in [3.05, 3.63) is 71.8 Å². The van der Waals surface area contributed by atoms with Crippen LogP contribution in [-0.4, -0.2) is 49.2 Å². The van der Waals surface area contributed by atoms with Crippen molar-refractivity contribution in [1.82, 2.24) is 15.8 Å². The van der Waals surface area contributed by atoms with Gasteiger partial charge in [-0.25, -0.2) is 10.2 Å². The fourth-order valence-electron chi connectivity index (χ4n) is 2.96. The molecule has 7 nitrogen and oxygen atoms in total. The highest BCUT2D eigenvalue weighted by atomic mass is 16.6. The Balaban J connectivity index is 1.56. The van der Waals surface area contributed by atoms with Crippen LogP contribution in [-0.2, 0) is 27.3 Å². The third-order valence-electron chi connectivity index (χ3n) is 4.46. The van der Waals surface area contributed by atoms with Gasteiger partial charge in [0.15, 0.2) is 0 Å². The van der Waals surface area contributed by atoms with Crippen LogP contribution < -0.4 is 10.9 Å². The number of rotatable bonds is 7. The molecule has 7 heteroatoms. The maximum absolute atomic E-state index is 12.9. The summed E-state index contributed by atoms with van der Waals surface area (Å²) in [5, 5.41) is 0. The lowest BCUT2D eigenvalue weighted by atomic mass is 10.1. The topological polar surface area (TPSA) is 79.9 Å². The fourth-order valence-corrected chi connectivity index (χ4v) is 2.96. The minimum atomic E-state index is -0.628. The Labute approximate surface area is 164 Å². The highest BCUT2D eigenvalue weighted by Crippen LogP contribution is 2.08. The molecule has 1 aliphatic rings. The number of hydrogen-bond acceptors (Lipinski definition) is 5. The number of benzene rings is 2. The first-order chi connectivity index (χ1) is 13.7. The van der Waals surface area contributed by atoms with E-state index in [4.69, 9.17) is 9.47 Å². The summed E-state index contributed by atoms with van der Waals surface area (Å²) in [6.45, 7) is 2.30. The minimum absolute atomic E-state index is 0.0736. The van der Waals surface area contributed by atoms with E-state index in [1.165, 1.54) is 0 Å². The first-order valence-corrected chi connectivity index (χ1v) is 9.35. The van der Waals surface area contributed by atoms with Crippen LogP contribution in [0, 0.1) is 0 Å². The molecular weight excluding hydrogens is 358 g/mol. The maximum atomic E-state index is 12.9. The van der Waals surface area contributed by atoms with Crippen LogP contribution >= 0.6 is 0 Å². The Morgan fingerprint density at radius 3 is 2.21 bits per heavy atom. The summed E-state index contributed by atoms with van der Waals surface area (Å²) in [5.41, 5.74) is 7.24. The van der Waals surface area contributed by atoms with Crippen LogP contribution in [0.25, 0.3) is 0 Å². The largest absolute Gasteiger partial charge is 0.444 e. The lowest BCUT2D eigenvalue weighted by Gasteiger charge is -2.30. The van der Waals surface area contributed by atoms with Gasteiger partial charge in [0.05, 0.1) is 13.2 Å². The van der Waals surface area contributed by atoms with Crippen LogP contribution in [0.5, 0.6) is 0 Å². The van der Waals surface area contributed by atoms with Gasteiger partial charge in [-0.1, -0.05) is 60.7 Å². The van der Waals surface area contributed by atoms with Gasteiger partial charge >= 0.3 is 6.09 Å². The normalized spacial score (nSPS) is 14.9. The van der Waals surface area contributed by atoms with E-state index >= 15 is 0 Å². The number of nitrogens with zero attached hydrogens (tertiary/aromatic N) is 1. The Bertz CT molecular complexity index is 749. The SMILES string of the molecule is O=C(NN[C@@H](Cc1ccccc1)C(=O)N1CCOCC1)OCc1ccccc1. The smallest absolute Gasteiger partial charge is 0.421 e. The molecule has 0 spiro atoms. The predicted molar refractivity (Wildman–Crippen MR) is 104 cm³/mol. The molecule has 0 saturated carbocycles. The molecule has 1 saturated heterocycles. The molecule has 0 aromatic heterocycles. The molecule has 2 amide bonds. The summed E-state index contributed by atoms with van der Waals surface area (Å²) >= 11 is 0. The molecule has 1 aliphatic heterocycles. The molecule has 148 valence electrons. The first-order valence-electron chi connectivity index (χ1n) is 9.35. The average Bonchev–Trinajstić information content (AvgIpc) is 2.76. The van der Waals surface area contributed by atoms with Gasteiger partial charge in [-0.3, -0.25) is 10.2 Å². The molecule has 2 aromatic rings. The lowest BCUT2D eigenvalue weighted by molar-refractivity contribution is -0.137. The van der Waals surface area contributed by atoms with E-state index in [1.807, 2.05) is 60.7 Å². The third kappa shape index (κ3) is 6.07. The fraction of sp³-hybridized carbons (Fsp3) is 0.333. The van der Waals surface area contributed by atoms with Crippen molar-refractivity contribution in [2.45, 2.75) is 19.1 Å². The highest BCUT2D eigenvalue weighted by molar-refractivity contribution is 5.82.